The predicted molar refractivity (Wildman–Crippen MR) is 98.5 cm³/mol. The van der Waals surface area contributed by atoms with Crippen LogP contribution in [0.2, 0.25) is 5.02 Å². The summed E-state index contributed by atoms with van der Waals surface area (Å²) < 4.78 is 0. The molecule has 1 atom stereocenters. The summed E-state index contributed by atoms with van der Waals surface area (Å²) in [5.74, 6) is -0.236. The molecule has 128 valence electrons. The van der Waals surface area contributed by atoms with Gasteiger partial charge in [-0.3, -0.25) is 4.79 Å². The molecule has 2 aromatic carbocycles. The van der Waals surface area contributed by atoms with E-state index in [2.05, 4.69) is 10.6 Å². The number of carbonyl (C=O) groups is 1. The fraction of sp³-hybridized carbons (Fsp3) is 0.316. The van der Waals surface area contributed by atoms with Crippen LogP contribution in [-0.2, 0) is 6.54 Å². The molecule has 0 saturated carbocycles. The molecule has 0 spiro atoms. The first kappa shape index (κ1) is 18.5. The van der Waals surface area contributed by atoms with Crippen molar-refractivity contribution in [2.45, 2.75) is 32.4 Å². The number of rotatable bonds is 7. The fourth-order valence-corrected chi connectivity index (χ4v) is 2.43. The van der Waals surface area contributed by atoms with Crippen molar-refractivity contribution in [2.75, 3.05) is 11.9 Å². The third-order valence-electron chi connectivity index (χ3n) is 3.90. The molecule has 4 nitrogen and oxygen atoms in total. The Labute approximate surface area is 147 Å². The minimum Gasteiger partial charge on any atom is -0.389 e. The van der Waals surface area contributed by atoms with Crippen molar-refractivity contribution in [1.82, 2.24) is 5.32 Å². The molecule has 2 rings (SSSR count). The molecule has 0 bridgehead atoms. The van der Waals surface area contributed by atoms with E-state index in [1.165, 1.54) is 0 Å². The summed E-state index contributed by atoms with van der Waals surface area (Å²) in [4.78, 5) is 12.3. The van der Waals surface area contributed by atoms with Gasteiger partial charge in [0.25, 0.3) is 5.91 Å². The van der Waals surface area contributed by atoms with Crippen LogP contribution in [0.5, 0.6) is 0 Å². The molecule has 5 heteroatoms. The molecule has 0 unspecified atom stereocenters. The van der Waals surface area contributed by atoms with Crippen LogP contribution in [0, 0.1) is 0 Å². The van der Waals surface area contributed by atoms with Crippen molar-refractivity contribution in [3.05, 3.63) is 64.7 Å². The van der Waals surface area contributed by atoms with Gasteiger partial charge in [-0.05, 0) is 43.2 Å². The van der Waals surface area contributed by atoms with E-state index in [1.54, 1.807) is 31.2 Å². The van der Waals surface area contributed by atoms with Gasteiger partial charge in [-0.15, -0.1) is 0 Å². The number of amides is 1. The largest absolute Gasteiger partial charge is 0.389 e. The van der Waals surface area contributed by atoms with Gasteiger partial charge in [0.1, 0.15) is 0 Å². The fourth-order valence-electron chi connectivity index (χ4n) is 2.20. The summed E-state index contributed by atoms with van der Waals surface area (Å²) in [6, 6.07) is 14.5. The molecule has 0 radical (unpaired) electrons. The molecule has 0 aliphatic heterocycles. The average molecular weight is 347 g/mol. The van der Waals surface area contributed by atoms with Crippen LogP contribution in [0.3, 0.4) is 0 Å². The smallest absolute Gasteiger partial charge is 0.257 e. The molecule has 0 fully saturated rings. The summed E-state index contributed by atoms with van der Waals surface area (Å²) in [5, 5.41) is 16.5. The molecule has 2 aromatic rings. The normalized spacial score (nSPS) is 13.3. The van der Waals surface area contributed by atoms with Crippen LogP contribution in [0.25, 0.3) is 0 Å². The van der Waals surface area contributed by atoms with Crippen LogP contribution in [0.15, 0.2) is 48.5 Å². The topological polar surface area (TPSA) is 61.4 Å². The van der Waals surface area contributed by atoms with Gasteiger partial charge in [-0.2, -0.15) is 0 Å². The Bertz CT molecular complexity index is 701. The van der Waals surface area contributed by atoms with Gasteiger partial charge in [0, 0.05) is 18.8 Å². The molecule has 0 heterocycles. The van der Waals surface area contributed by atoms with Crippen molar-refractivity contribution in [3.8, 4) is 0 Å². The maximum absolute atomic E-state index is 12.3. The summed E-state index contributed by atoms with van der Waals surface area (Å²) >= 11 is 6.05. The summed E-state index contributed by atoms with van der Waals surface area (Å²) in [5.41, 5.74) is 1.47. The second kappa shape index (κ2) is 8.29. The lowest BCUT2D eigenvalue weighted by Gasteiger charge is -2.21. The predicted octanol–water partition coefficient (Wildman–Crippen LogP) is 3.84. The monoisotopic (exact) mass is 346 g/mol. The molecule has 0 saturated heterocycles. The van der Waals surface area contributed by atoms with Crippen molar-refractivity contribution in [3.63, 3.8) is 0 Å². The first-order valence-electron chi connectivity index (χ1n) is 7.99. The molecule has 1 amide bonds. The van der Waals surface area contributed by atoms with E-state index in [-0.39, 0.29) is 5.91 Å². The highest BCUT2D eigenvalue weighted by molar-refractivity contribution is 6.34. The molecule has 0 aromatic heterocycles. The second-order valence-electron chi connectivity index (χ2n) is 6.09. The third-order valence-corrected chi connectivity index (χ3v) is 4.23. The summed E-state index contributed by atoms with van der Waals surface area (Å²) in [7, 11) is 0. The first-order valence-corrected chi connectivity index (χ1v) is 8.37. The minimum atomic E-state index is -0.712. The van der Waals surface area contributed by atoms with Crippen molar-refractivity contribution < 1.29 is 9.90 Å². The van der Waals surface area contributed by atoms with E-state index in [9.17, 15) is 9.90 Å². The zero-order valence-electron chi connectivity index (χ0n) is 14.0. The van der Waals surface area contributed by atoms with Gasteiger partial charge in [0.05, 0.1) is 16.2 Å². The maximum atomic E-state index is 12.3. The van der Waals surface area contributed by atoms with E-state index in [4.69, 9.17) is 11.6 Å². The number of benzene rings is 2. The minimum absolute atomic E-state index is 0.236. The molecular formula is C19H23ClN2O2. The van der Waals surface area contributed by atoms with Crippen LogP contribution in [0.1, 0.15) is 36.2 Å². The highest BCUT2D eigenvalue weighted by atomic mass is 35.5. The van der Waals surface area contributed by atoms with Gasteiger partial charge in [-0.25, -0.2) is 0 Å². The highest BCUT2D eigenvalue weighted by Gasteiger charge is 2.16. The van der Waals surface area contributed by atoms with Crippen LogP contribution in [0.4, 0.5) is 5.69 Å². The Balaban J connectivity index is 1.98. The maximum Gasteiger partial charge on any atom is 0.257 e. The van der Waals surface area contributed by atoms with Gasteiger partial charge in [0.2, 0.25) is 0 Å². The second-order valence-corrected chi connectivity index (χ2v) is 6.50. The van der Waals surface area contributed by atoms with E-state index in [0.29, 0.717) is 35.8 Å². The zero-order valence-corrected chi connectivity index (χ0v) is 14.7. The van der Waals surface area contributed by atoms with Crippen LogP contribution < -0.4 is 10.6 Å². The standard InChI is InChI=1S/C19H23ClN2O2/c1-3-19(2,24)13-21-12-14-7-6-8-15(11-14)22-18(23)16-9-4-5-10-17(16)20/h4-11,21,24H,3,12-13H2,1-2H3,(H,22,23)/t19-/m1/s1. The van der Waals surface area contributed by atoms with Gasteiger partial charge in [0.15, 0.2) is 0 Å². The highest BCUT2D eigenvalue weighted by Crippen LogP contribution is 2.18. The number of halogens is 1. The Kier molecular flexibility index (Phi) is 6.37. The number of hydrogen-bond donors (Lipinski definition) is 3. The van der Waals surface area contributed by atoms with Crippen LogP contribution in [-0.4, -0.2) is 23.2 Å². The zero-order chi connectivity index (χ0) is 17.6. The number of carbonyl (C=O) groups excluding carboxylic acids is 1. The van der Waals surface area contributed by atoms with Gasteiger partial charge >= 0.3 is 0 Å². The first-order chi connectivity index (χ1) is 11.4. The lowest BCUT2D eigenvalue weighted by Crippen LogP contribution is -2.36. The SMILES string of the molecule is CC[C@@](C)(O)CNCc1cccc(NC(=O)c2ccccc2Cl)c1. The van der Waals surface area contributed by atoms with E-state index >= 15 is 0 Å². The van der Waals surface area contributed by atoms with Crippen molar-refractivity contribution >= 4 is 23.2 Å². The lowest BCUT2D eigenvalue weighted by molar-refractivity contribution is 0.0555. The quantitative estimate of drug-likeness (QED) is 0.713. The van der Waals surface area contributed by atoms with E-state index < -0.39 is 5.60 Å². The average Bonchev–Trinajstić information content (AvgIpc) is 2.55. The molecule has 3 N–H and O–H groups in total. The van der Waals surface area contributed by atoms with E-state index in [1.807, 2.05) is 31.2 Å². The summed E-state index contributed by atoms with van der Waals surface area (Å²) in [6.07, 6.45) is 0.688. The molecule has 0 aliphatic carbocycles. The Morgan fingerprint density at radius 2 is 1.96 bits per heavy atom. The van der Waals surface area contributed by atoms with Gasteiger partial charge in [-0.1, -0.05) is 42.8 Å². The van der Waals surface area contributed by atoms with Crippen molar-refractivity contribution in [2.24, 2.45) is 0 Å². The number of anilines is 1. The number of aliphatic hydroxyl groups is 1. The number of nitrogens with one attached hydrogen (secondary N) is 2. The molecule has 0 aliphatic rings. The van der Waals surface area contributed by atoms with E-state index in [0.717, 1.165) is 5.56 Å². The van der Waals surface area contributed by atoms with Crippen LogP contribution >= 0.6 is 11.6 Å². The van der Waals surface area contributed by atoms with Gasteiger partial charge < -0.3 is 15.7 Å². The lowest BCUT2D eigenvalue weighted by atomic mass is 10.0. The summed E-state index contributed by atoms with van der Waals surface area (Å²) in [6.45, 7) is 4.89. The Hall–Kier alpha value is -1.88. The van der Waals surface area contributed by atoms with Crippen molar-refractivity contribution in [1.29, 1.82) is 0 Å². The Morgan fingerprint density at radius 3 is 2.67 bits per heavy atom. The number of hydrogen-bond acceptors (Lipinski definition) is 3. The molecular weight excluding hydrogens is 324 g/mol. The molecule has 24 heavy (non-hydrogen) atoms. The third kappa shape index (κ3) is 5.34. The Morgan fingerprint density at radius 1 is 1.21 bits per heavy atom.